The molecule has 0 aromatic heterocycles. The van der Waals surface area contributed by atoms with Gasteiger partial charge in [0.2, 0.25) is 5.91 Å². The van der Waals surface area contributed by atoms with Gasteiger partial charge in [-0.1, -0.05) is 32.0 Å². The van der Waals surface area contributed by atoms with Crippen molar-refractivity contribution in [2.45, 2.75) is 27.7 Å². The van der Waals surface area contributed by atoms with Crippen LogP contribution in [-0.4, -0.2) is 36.8 Å². The predicted octanol–water partition coefficient (Wildman–Crippen LogP) is 3.86. The Bertz CT molecular complexity index is 373. The van der Waals surface area contributed by atoms with E-state index in [1.807, 2.05) is 32.0 Å². The number of hydrogen-bond donors (Lipinski definition) is 1. The molecule has 1 rings (SSSR count). The van der Waals surface area contributed by atoms with Gasteiger partial charge in [-0.2, -0.15) is 0 Å². The molecule has 20 heavy (non-hydrogen) atoms. The van der Waals surface area contributed by atoms with Gasteiger partial charge in [0.15, 0.2) is 0 Å². The third-order valence-corrected chi connectivity index (χ3v) is 3.01. The minimum atomic E-state index is 0. The zero-order valence-corrected chi connectivity index (χ0v) is 14.6. The zero-order chi connectivity index (χ0) is 14.8. The minimum absolute atomic E-state index is 0. The number of para-hydroxylation sites is 1. The number of nitrogens with zero attached hydrogens (tertiary/aromatic N) is 1. The van der Waals surface area contributed by atoms with Crippen LogP contribution in [0.2, 0.25) is 0 Å². The van der Waals surface area contributed by atoms with Crippen LogP contribution in [0.1, 0.15) is 25.0 Å². The number of halogens is 2. The van der Waals surface area contributed by atoms with Crippen molar-refractivity contribution in [1.29, 1.82) is 0 Å². The molecule has 0 saturated carbocycles. The first-order valence-corrected chi connectivity index (χ1v) is 7.30. The van der Waals surface area contributed by atoms with E-state index in [4.69, 9.17) is 0 Å². The minimum Gasteiger partial charge on any atom is -0.324 e. The number of rotatable bonds is 5. The lowest BCUT2D eigenvalue weighted by Crippen LogP contribution is -2.33. The van der Waals surface area contributed by atoms with E-state index in [0.29, 0.717) is 6.54 Å². The second kappa shape index (κ2) is 12.0. The average molecular weight is 321 g/mol. The van der Waals surface area contributed by atoms with Crippen molar-refractivity contribution < 1.29 is 4.79 Å². The van der Waals surface area contributed by atoms with Crippen LogP contribution in [0.4, 0.5) is 5.69 Å². The maximum atomic E-state index is 11.9. The van der Waals surface area contributed by atoms with Gasteiger partial charge in [-0.05, 0) is 38.1 Å². The van der Waals surface area contributed by atoms with Crippen molar-refractivity contribution in [1.82, 2.24) is 4.90 Å². The fourth-order valence-electron chi connectivity index (χ4n) is 1.84. The van der Waals surface area contributed by atoms with Gasteiger partial charge in [-0.15, -0.1) is 24.0 Å². The number of anilines is 1. The van der Waals surface area contributed by atoms with E-state index in [1.165, 1.54) is 6.38 Å². The second-order valence-electron chi connectivity index (χ2n) is 4.28. The van der Waals surface area contributed by atoms with Crippen LogP contribution in [0, 0.1) is 13.8 Å². The van der Waals surface area contributed by atoms with Crippen molar-refractivity contribution in [2.75, 3.05) is 31.3 Å². The molecule has 0 aliphatic heterocycles. The van der Waals surface area contributed by atoms with Crippen molar-refractivity contribution in [3.05, 3.63) is 29.3 Å². The van der Waals surface area contributed by atoms with Crippen LogP contribution >= 0.6 is 24.0 Å². The zero-order valence-electron chi connectivity index (χ0n) is 13.0. The predicted molar refractivity (Wildman–Crippen MR) is 91.4 cm³/mol. The molecule has 116 valence electrons. The van der Waals surface area contributed by atoms with E-state index in [0.717, 1.165) is 29.9 Å². The molecule has 0 fully saturated rings. The molecule has 3 nitrogen and oxygen atoms in total. The molecule has 0 radical (unpaired) electrons. The summed E-state index contributed by atoms with van der Waals surface area (Å²) < 4.78 is 0. The smallest absolute Gasteiger partial charge is 0.238 e. The SMILES string of the molecule is CCN(CC)CC(=O)Nc1c(C)cccc1C.CCl.Cl. The highest BCUT2D eigenvalue weighted by molar-refractivity contribution is 6.15. The fraction of sp³-hybridized carbons (Fsp3) is 0.533. The Balaban J connectivity index is 0. The molecule has 0 unspecified atom stereocenters. The number of benzene rings is 1. The first kappa shape index (κ1) is 21.5. The maximum absolute atomic E-state index is 11.9. The quantitative estimate of drug-likeness (QED) is 0.835. The molecule has 1 N–H and O–H groups in total. The lowest BCUT2D eigenvalue weighted by Gasteiger charge is -2.18. The maximum Gasteiger partial charge on any atom is 0.238 e. The third-order valence-electron chi connectivity index (χ3n) is 3.01. The Morgan fingerprint density at radius 3 is 2.00 bits per heavy atom. The Morgan fingerprint density at radius 2 is 1.60 bits per heavy atom. The summed E-state index contributed by atoms with van der Waals surface area (Å²) in [5.74, 6) is 0.0612. The lowest BCUT2D eigenvalue weighted by molar-refractivity contribution is -0.117. The van der Waals surface area contributed by atoms with Gasteiger partial charge in [0, 0.05) is 12.1 Å². The van der Waals surface area contributed by atoms with Crippen LogP contribution < -0.4 is 5.32 Å². The average Bonchev–Trinajstić information content (AvgIpc) is 2.42. The van der Waals surface area contributed by atoms with Crippen LogP contribution in [0.25, 0.3) is 0 Å². The number of carbonyl (C=O) groups is 1. The molecule has 0 aliphatic rings. The summed E-state index contributed by atoms with van der Waals surface area (Å²) in [5, 5.41) is 3.00. The van der Waals surface area contributed by atoms with Gasteiger partial charge in [0.25, 0.3) is 0 Å². The van der Waals surface area contributed by atoms with E-state index in [2.05, 4.69) is 35.7 Å². The fourth-order valence-corrected chi connectivity index (χ4v) is 1.84. The summed E-state index contributed by atoms with van der Waals surface area (Å²) in [6, 6.07) is 6.03. The molecule has 0 heterocycles. The normalized spacial score (nSPS) is 9.35. The summed E-state index contributed by atoms with van der Waals surface area (Å²) in [5.41, 5.74) is 3.17. The number of aryl methyl sites for hydroxylation is 2. The second-order valence-corrected chi connectivity index (χ2v) is 4.28. The highest BCUT2D eigenvalue weighted by Gasteiger charge is 2.09. The molecule has 0 saturated heterocycles. The van der Waals surface area contributed by atoms with Gasteiger partial charge in [-0.25, -0.2) is 0 Å². The van der Waals surface area contributed by atoms with E-state index in [-0.39, 0.29) is 18.3 Å². The number of hydrogen-bond acceptors (Lipinski definition) is 2. The molecule has 1 aromatic carbocycles. The van der Waals surface area contributed by atoms with Crippen molar-refractivity contribution in [3.63, 3.8) is 0 Å². The third kappa shape index (κ3) is 7.13. The number of amides is 1. The first-order valence-electron chi connectivity index (χ1n) is 6.54. The summed E-state index contributed by atoms with van der Waals surface area (Å²) in [6.07, 6.45) is 1.47. The summed E-state index contributed by atoms with van der Waals surface area (Å²) in [7, 11) is 0. The summed E-state index contributed by atoms with van der Waals surface area (Å²) >= 11 is 4.64. The molecule has 1 aromatic rings. The number of carbonyl (C=O) groups excluding carboxylic acids is 1. The van der Waals surface area contributed by atoms with Crippen molar-refractivity contribution in [3.8, 4) is 0 Å². The van der Waals surface area contributed by atoms with Crippen molar-refractivity contribution in [2.24, 2.45) is 0 Å². The molecule has 0 spiro atoms. The topological polar surface area (TPSA) is 32.3 Å². The van der Waals surface area contributed by atoms with Gasteiger partial charge in [0.05, 0.1) is 6.54 Å². The Labute approximate surface area is 134 Å². The lowest BCUT2D eigenvalue weighted by atomic mass is 10.1. The molecule has 5 heteroatoms. The summed E-state index contributed by atoms with van der Waals surface area (Å²) in [6.45, 7) is 10.4. The van der Waals surface area contributed by atoms with Gasteiger partial charge in [0.1, 0.15) is 0 Å². The number of alkyl halides is 1. The monoisotopic (exact) mass is 320 g/mol. The van der Waals surface area contributed by atoms with E-state index < -0.39 is 0 Å². The molecule has 0 aliphatic carbocycles. The van der Waals surface area contributed by atoms with Gasteiger partial charge >= 0.3 is 0 Å². The Morgan fingerprint density at radius 1 is 1.15 bits per heavy atom. The Hall–Kier alpha value is -0.770. The van der Waals surface area contributed by atoms with E-state index >= 15 is 0 Å². The highest BCUT2D eigenvalue weighted by Crippen LogP contribution is 2.19. The van der Waals surface area contributed by atoms with Gasteiger partial charge in [-0.3, -0.25) is 9.69 Å². The number of likely N-dealkylation sites (N-methyl/N-ethyl adjacent to an activating group) is 1. The number of nitrogens with one attached hydrogen (secondary N) is 1. The van der Waals surface area contributed by atoms with E-state index in [9.17, 15) is 4.79 Å². The van der Waals surface area contributed by atoms with Crippen LogP contribution in [0.5, 0.6) is 0 Å². The summed E-state index contributed by atoms with van der Waals surface area (Å²) in [4.78, 5) is 14.0. The Kier molecular flexibility index (Phi) is 12.9. The molecular weight excluding hydrogens is 295 g/mol. The first-order chi connectivity index (χ1) is 9.08. The largest absolute Gasteiger partial charge is 0.324 e. The van der Waals surface area contributed by atoms with E-state index in [1.54, 1.807) is 0 Å². The highest BCUT2D eigenvalue weighted by atomic mass is 35.5. The van der Waals surface area contributed by atoms with Crippen LogP contribution in [0.15, 0.2) is 18.2 Å². The molecule has 1 amide bonds. The standard InChI is InChI=1S/C14H22N2O.CH3Cl.ClH/c1-5-16(6-2)10-13(17)15-14-11(3)8-7-9-12(14)4;1-2;/h7-9H,5-6,10H2,1-4H3,(H,15,17);1H3;1H. The molecule has 0 atom stereocenters. The molecular formula is C15H26Cl2N2O. The van der Waals surface area contributed by atoms with Crippen LogP contribution in [-0.2, 0) is 4.79 Å². The molecule has 0 bridgehead atoms. The van der Waals surface area contributed by atoms with Crippen molar-refractivity contribution >= 4 is 35.6 Å². The van der Waals surface area contributed by atoms with Gasteiger partial charge < -0.3 is 5.32 Å². The van der Waals surface area contributed by atoms with Crippen LogP contribution in [0.3, 0.4) is 0 Å².